The van der Waals surface area contributed by atoms with Gasteiger partial charge >= 0.3 is 0 Å². The maximum atomic E-state index is 12.6. The molecule has 0 aromatic heterocycles. The fourth-order valence-corrected chi connectivity index (χ4v) is 2.88. The van der Waals surface area contributed by atoms with Crippen molar-refractivity contribution in [2.45, 2.75) is 10.4 Å². The summed E-state index contributed by atoms with van der Waals surface area (Å²) in [5.74, 6) is 0.375. The van der Waals surface area contributed by atoms with E-state index in [1.807, 2.05) is 0 Å². The van der Waals surface area contributed by atoms with Gasteiger partial charge in [-0.1, -0.05) is 22.6 Å². The van der Waals surface area contributed by atoms with Crippen LogP contribution >= 0.6 is 45.2 Å². The van der Waals surface area contributed by atoms with Gasteiger partial charge in [-0.15, -0.1) is 0 Å². The van der Waals surface area contributed by atoms with Crippen molar-refractivity contribution in [3.8, 4) is 0 Å². The summed E-state index contributed by atoms with van der Waals surface area (Å²) in [7, 11) is 0. The Morgan fingerprint density at radius 1 is 1.33 bits per heavy atom. The Kier molecular flexibility index (Phi) is 4.42. The molecule has 72 valence electrons. The number of rotatable bonds is 3. The van der Waals surface area contributed by atoms with Gasteiger partial charge in [0.1, 0.15) is 0 Å². The molecule has 1 saturated heterocycles. The maximum absolute atomic E-state index is 12.6. The summed E-state index contributed by atoms with van der Waals surface area (Å²) in [5.41, 5.74) is 0. The lowest BCUT2D eigenvalue weighted by Crippen LogP contribution is -2.20. The molecule has 1 nitrogen and oxygen atoms in total. The molecular weight excluding hydrogens is 392 g/mol. The second kappa shape index (κ2) is 4.68. The van der Waals surface area contributed by atoms with Gasteiger partial charge < -0.3 is 4.74 Å². The SMILES string of the molecule is FC(F)(I)CC1COCC1CI. The number of hydrogen-bond donors (Lipinski definition) is 0. The standard InChI is InChI=1S/C7H10F2I2O/c8-7(9,11)1-5-3-12-4-6(5)2-10/h5-6H,1-4H2. The summed E-state index contributed by atoms with van der Waals surface area (Å²) in [4.78, 5) is 0. The van der Waals surface area contributed by atoms with E-state index in [9.17, 15) is 8.78 Å². The topological polar surface area (TPSA) is 9.23 Å². The van der Waals surface area contributed by atoms with Crippen molar-refractivity contribution in [1.29, 1.82) is 0 Å². The van der Waals surface area contributed by atoms with E-state index < -0.39 is 3.93 Å². The third-order valence-electron chi connectivity index (χ3n) is 2.02. The van der Waals surface area contributed by atoms with Crippen LogP contribution in [0.25, 0.3) is 0 Å². The fourth-order valence-electron chi connectivity index (χ4n) is 1.34. The highest BCUT2D eigenvalue weighted by Crippen LogP contribution is 2.36. The quantitative estimate of drug-likeness (QED) is 0.521. The van der Waals surface area contributed by atoms with Gasteiger partial charge in [0.2, 0.25) is 0 Å². The molecular formula is C7H10F2I2O. The van der Waals surface area contributed by atoms with Crippen molar-refractivity contribution >= 4 is 45.2 Å². The molecule has 1 heterocycles. The molecule has 12 heavy (non-hydrogen) atoms. The zero-order valence-electron chi connectivity index (χ0n) is 6.40. The minimum atomic E-state index is -2.57. The van der Waals surface area contributed by atoms with E-state index in [4.69, 9.17) is 4.74 Å². The van der Waals surface area contributed by atoms with E-state index in [2.05, 4.69) is 22.6 Å². The Labute approximate surface area is 97.9 Å². The van der Waals surface area contributed by atoms with Crippen LogP contribution < -0.4 is 0 Å². The fraction of sp³-hybridized carbons (Fsp3) is 1.00. The second-order valence-electron chi connectivity index (χ2n) is 3.03. The molecule has 2 atom stereocenters. The van der Waals surface area contributed by atoms with Crippen LogP contribution in [0.2, 0.25) is 0 Å². The predicted molar refractivity (Wildman–Crippen MR) is 60.3 cm³/mol. The lowest BCUT2D eigenvalue weighted by atomic mass is 9.95. The second-order valence-corrected chi connectivity index (χ2v) is 5.49. The normalized spacial score (nSPS) is 31.0. The van der Waals surface area contributed by atoms with E-state index >= 15 is 0 Å². The van der Waals surface area contributed by atoms with Crippen LogP contribution in [0.1, 0.15) is 6.42 Å². The Bertz CT molecular complexity index is 149. The van der Waals surface area contributed by atoms with Gasteiger partial charge in [-0.3, -0.25) is 0 Å². The van der Waals surface area contributed by atoms with Gasteiger partial charge in [0.15, 0.2) is 0 Å². The molecule has 0 spiro atoms. The molecule has 1 rings (SSSR count). The Balaban J connectivity index is 2.41. The largest absolute Gasteiger partial charge is 0.381 e. The third-order valence-corrected chi connectivity index (χ3v) is 3.59. The average molecular weight is 402 g/mol. The zero-order chi connectivity index (χ0) is 9.19. The molecule has 5 heteroatoms. The number of alkyl halides is 4. The van der Waals surface area contributed by atoms with Crippen molar-refractivity contribution in [3.05, 3.63) is 0 Å². The molecule has 0 N–H and O–H groups in total. The molecule has 2 unspecified atom stereocenters. The molecule has 0 amide bonds. The predicted octanol–water partition coefficient (Wildman–Crippen LogP) is 3.10. The summed E-state index contributed by atoms with van der Waals surface area (Å²) >= 11 is 3.43. The van der Waals surface area contributed by atoms with Gasteiger partial charge in [-0.05, 0) is 34.4 Å². The van der Waals surface area contributed by atoms with Crippen molar-refractivity contribution in [2.24, 2.45) is 11.8 Å². The van der Waals surface area contributed by atoms with Gasteiger partial charge in [0, 0.05) is 10.8 Å². The highest BCUT2D eigenvalue weighted by atomic mass is 127. The average Bonchev–Trinajstić information content (AvgIpc) is 2.31. The summed E-state index contributed by atoms with van der Waals surface area (Å²) < 4.78 is 28.7. The molecule has 0 aromatic rings. The third kappa shape index (κ3) is 3.57. The number of hydrogen-bond acceptors (Lipinski definition) is 1. The van der Waals surface area contributed by atoms with Crippen LogP contribution in [0.5, 0.6) is 0 Å². The smallest absolute Gasteiger partial charge is 0.296 e. The number of ether oxygens (including phenoxy) is 1. The molecule has 0 saturated carbocycles. The molecule has 1 aliphatic rings. The van der Waals surface area contributed by atoms with E-state index in [1.54, 1.807) is 0 Å². The van der Waals surface area contributed by atoms with E-state index in [0.717, 1.165) is 4.43 Å². The van der Waals surface area contributed by atoms with Crippen molar-refractivity contribution in [1.82, 2.24) is 0 Å². The summed E-state index contributed by atoms with van der Waals surface area (Å²) in [5, 5.41) is 0. The molecule has 1 aliphatic heterocycles. The van der Waals surface area contributed by atoms with Gasteiger partial charge in [-0.25, -0.2) is 0 Å². The van der Waals surface area contributed by atoms with Crippen LogP contribution in [0.4, 0.5) is 8.78 Å². The molecule has 0 bridgehead atoms. The van der Waals surface area contributed by atoms with Gasteiger partial charge in [-0.2, -0.15) is 8.78 Å². The first-order valence-corrected chi connectivity index (χ1v) is 6.34. The van der Waals surface area contributed by atoms with Crippen molar-refractivity contribution in [3.63, 3.8) is 0 Å². The maximum Gasteiger partial charge on any atom is 0.296 e. The zero-order valence-corrected chi connectivity index (χ0v) is 10.7. The first kappa shape index (κ1) is 11.4. The molecule has 0 radical (unpaired) electrons. The van der Waals surface area contributed by atoms with Crippen LogP contribution in [-0.4, -0.2) is 21.6 Å². The first-order chi connectivity index (χ1) is 5.53. The van der Waals surface area contributed by atoms with E-state index in [1.165, 1.54) is 22.6 Å². The first-order valence-electron chi connectivity index (χ1n) is 3.73. The molecule has 1 fully saturated rings. The highest BCUT2D eigenvalue weighted by Gasteiger charge is 2.36. The summed E-state index contributed by atoms with van der Waals surface area (Å²) in [6.45, 7) is 1.16. The van der Waals surface area contributed by atoms with Gasteiger partial charge in [0.05, 0.1) is 13.2 Å². The van der Waals surface area contributed by atoms with E-state index in [-0.39, 0.29) is 12.3 Å². The number of halogens is 4. The van der Waals surface area contributed by atoms with Crippen LogP contribution in [0, 0.1) is 11.8 Å². The van der Waals surface area contributed by atoms with Gasteiger partial charge in [0.25, 0.3) is 3.93 Å². The Hall–Kier alpha value is 1.28. The summed E-state index contributed by atoms with van der Waals surface area (Å²) in [6, 6.07) is 0. The van der Waals surface area contributed by atoms with Crippen molar-refractivity contribution in [2.75, 3.05) is 17.6 Å². The monoisotopic (exact) mass is 402 g/mol. The molecule has 0 aromatic carbocycles. The summed E-state index contributed by atoms with van der Waals surface area (Å²) in [6.07, 6.45) is -0.0404. The van der Waals surface area contributed by atoms with Crippen molar-refractivity contribution < 1.29 is 13.5 Å². The van der Waals surface area contributed by atoms with Crippen LogP contribution in [0.3, 0.4) is 0 Å². The lowest BCUT2D eigenvalue weighted by molar-refractivity contribution is 0.0848. The minimum absolute atomic E-state index is 0.0404. The van der Waals surface area contributed by atoms with Crippen LogP contribution in [0.15, 0.2) is 0 Å². The Morgan fingerprint density at radius 2 is 1.92 bits per heavy atom. The minimum Gasteiger partial charge on any atom is -0.381 e. The van der Waals surface area contributed by atoms with Crippen LogP contribution in [-0.2, 0) is 4.74 Å². The Morgan fingerprint density at radius 3 is 2.42 bits per heavy atom. The lowest BCUT2D eigenvalue weighted by Gasteiger charge is -2.17. The molecule has 0 aliphatic carbocycles. The highest BCUT2D eigenvalue weighted by molar-refractivity contribution is 14.1. The van der Waals surface area contributed by atoms with E-state index in [0.29, 0.717) is 19.1 Å².